The van der Waals surface area contributed by atoms with Crippen LogP contribution in [0.2, 0.25) is 0 Å². The lowest BCUT2D eigenvalue weighted by Gasteiger charge is -2.45. The molecule has 0 spiro atoms. The highest BCUT2D eigenvalue weighted by molar-refractivity contribution is 5.47. The number of rotatable bonds is 4. The van der Waals surface area contributed by atoms with Crippen LogP contribution in [0.1, 0.15) is 26.7 Å². The highest BCUT2D eigenvalue weighted by Gasteiger charge is 2.35. The Labute approximate surface area is 125 Å². The van der Waals surface area contributed by atoms with E-state index in [1.165, 1.54) is 12.5 Å². The number of nitrogens with zero attached hydrogens (tertiary/aromatic N) is 4. The van der Waals surface area contributed by atoms with Gasteiger partial charge in [0.15, 0.2) is 6.20 Å². The van der Waals surface area contributed by atoms with Crippen molar-refractivity contribution < 1.29 is 4.92 Å². The van der Waals surface area contributed by atoms with Gasteiger partial charge in [-0.2, -0.15) is 0 Å². The van der Waals surface area contributed by atoms with Gasteiger partial charge in [0.1, 0.15) is 0 Å². The van der Waals surface area contributed by atoms with Crippen molar-refractivity contribution in [2.75, 3.05) is 32.1 Å². The van der Waals surface area contributed by atoms with Crippen LogP contribution in [0.5, 0.6) is 0 Å². The molecule has 2 heterocycles. The van der Waals surface area contributed by atoms with Gasteiger partial charge >= 0.3 is 5.82 Å². The summed E-state index contributed by atoms with van der Waals surface area (Å²) in [7, 11) is 4.23. The van der Waals surface area contributed by atoms with E-state index in [1.54, 1.807) is 12.3 Å². The fourth-order valence-corrected chi connectivity index (χ4v) is 2.83. The van der Waals surface area contributed by atoms with Gasteiger partial charge in [-0.05, 0) is 62.7 Å². The van der Waals surface area contributed by atoms with E-state index in [0.29, 0.717) is 5.92 Å². The Balaban J connectivity index is 2.12. The van der Waals surface area contributed by atoms with E-state index in [0.717, 1.165) is 25.2 Å². The van der Waals surface area contributed by atoms with Crippen molar-refractivity contribution in [2.45, 2.75) is 32.2 Å². The Morgan fingerprint density at radius 2 is 2.14 bits per heavy atom. The van der Waals surface area contributed by atoms with Crippen molar-refractivity contribution >= 4 is 11.5 Å². The molecule has 0 bridgehead atoms. The highest BCUT2D eigenvalue weighted by Crippen LogP contribution is 2.32. The lowest BCUT2D eigenvalue weighted by atomic mass is 9.80. The molecule has 0 amide bonds. The average Bonchev–Trinajstić information content (AvgIpc) is 2.47. The van der Waals surface area contributed by atoms with Gasteiger partial charge in [0.05, 0.1) is 5.69 Å². The van der Waals surface area contributed by atoms with Gasteiger partial charge in [-0.25, -0.2) is 0 Å². The molecule has 1 aromatic rings. The van der Waals surface area contributed by atoms with Crippen LogP contribution in [0.15, 0.2) is 18.3 Å². The first kappa shape index (κ1) is 15.7. The largest absolute Gasteiger partial charge is 0.368 e. The molecule has 0 saturated carbocycles. The number of pyridine rings is 1. The van der Waals surface area contributed by atoms with Crippen molar-refractivity contribution in [1.82, 2.24) is 9.88 Å². The summed E-state index contributed by atoms with van der Waals surface area (Å²) in [5.41, 5.74) is 1.10. The molecule has 21 heavy (non-hydrogen) atoms. The zero-order chi connectivity index (χ0) is 15.6. The number of hydrogen-bond donors (Lipinski definition) is 0. The monoisotopic (exact) mass is 292 g/mol. The number of piperidine rings is 1. The summed E-state index contributed by atoms with van der Waals surface area (Å²) in [6.45, 7) is 6.49. The van der Waals surface area contributed by atoms with E-state index in [9.17, 15) is 10.1 Å². The van der Waals surface area contributed by atoms with Crippen molar-refractivity contribution in [3.63, 3.8) is 0 Å². The van der Waals surface area contributed by atoms with E-state index < -0.39 is 4.92 Å². The maximum absolute atomic E-state index is 10.7. The van der Waals surface area contributed by atoms with Crippen LogP contribution in [0, 0.1) is 16.0 Å². The Bertz CT molecular complexity index is 499. The quantitative estimate of drug-likeness (QED) is 0.630. The van der Waals surface area contributed by atoms with E-state index in [2.05, 4.69) is 42.7 Å². The first-order chi connectivity index (χ1) is 9.82. The summed E-state index contributed by atoms with van der Waals surface area (Å²) in [5, 5.41) is 10.7. The molecule has 6 nitrogen and oxygen atoms in total. The van der Waals surface area contributed by atoms with Crippen LogP contribution in [-0.2, 0) is 0 Å². The number of anilines is 1. The van der Waals surface area contributed by atoms with E-state index in [4.69, 9.17) is 0 Å². The number of aromatic nitrogens is 1. The minimum absolute atomic E-state index is 0.0964. The first-order valence-electron chi connectivity index (χ1n) is 7.35. The Hall–Kier alpha value is -1.69. The zero-order valence-electron chi connectivity index (χ0n) is 13.2. The summed E-state index contributed by atoms with van der Waals surface area (Å²) in [6, 6.07) is 3.28. The van der Waals surface area contributed by atoms with Crippen LogP contribution in [0.3, 0.4) is 0 Å². The van der Waals surface area contributed by atoms with Gasteiger partial charge in [0.25, 0.3) is 0 Å². The zero-order valence-corrected chi connectivity index (χ0v) is 13.2. The molecule has 1 fully saturated rings. The average molecular weight is 292 g/mol. The third-order valence-electron chi connectivity index (χ3n) is 4.86. The van der Waals surface area contributed by atoms with Gasteiger partial charge in [-0.3, -0.25) is 0 Å². The fourth-order valence-electron chi connectivity index (χ4n) is 2.83. The maximum Gasteiger partial charge on any atom is 0.363 e. The van der Waals surface area contributed by atoms with Crippen molar-refractivity contribution in [3.8, 4) is 0 Å². The Morgan fingerprint density at radius 3 is 2.67 bits per heavy atom. The molecule has 1 aliphatic heterocycles. The first-order valence-corrected chi connectivity index (χ1v) is 7.35. The third kappa shape index (κ3) is 3.32. The molecule has 0 radical (unpaired) electrons. The molecule has 0 aromatic carbocycles. The normalized spacial score (nSPS) is 19.9. The molecule has 1 saturated heterocycles. The van der Waals surface area contributed by atoms with Crippen molar-refractivity contribution in [3.05, 3.63) is 28.4 Å². The molecule has 1 aliphatic rings. The molecular formula is C15H24N4O2. The lowest BCUT2D eigenvalue weighted by Crippen LogP contribution is -2.51. The van der Waals surface area contributed by atoms with Crippen LogP contribution < -0.4 is 4.90 Å². The summed E-state index contributed by atoms with van der Waals surface area (Å²) in [4.78, 5) is 18.7. The smallest absolute Gasteiger partial charge is 0.363 e. The van der Waals surface area contributed by atoms with Gasteiger partial charge in [0.2, 0.25) is 0 Å². The molecule has 116 valence electrons. The summed E-state index contributed by atoms with van der Waals surface area (Å²) >= 11 is 0. The summed E-state index contributed by atoms with van der Waals surface area (Å²) in [5.74, 6) is 0.470. The molecule has 6 heteroatoms. The lowest BCUT2D eigenvalue weighted by molar-refractivity contribution is -0.389. The van der Waals surface area contributed by atoms with Gasteiger partial charge in [-0.1, -0.05) is 0 Å². The predicted molar refractivity (Wildman–Crippen MR) is 83.6 cm³/mol. The van der Waals surface area contributed by atoms with Crippen molar-refractivity contribution in [2.24, 2.45) is 5.92 Å². The van der Waals surface area contributed by atoms with Gasteiger partial charge < -0.3 is 19.9 Å². The summed E-state index contributed by atoms with van der Waals surface area (Å²) in [6.07, 6.45) is 3.96. The second-order valence-corrected chi connectivity index (χ2v) is 6.46. The minimum atomic E-state index is -0.460. The van der Waals surface area contributed by atoms with Crippen LogP contribution >= 0.6 is 0 Å². The second kappa shape index (κ2) is 5.97. The molecule has 2 rings (SSSR count). The number of hydrogen-bond acceptors (Lipinski definition) is 5. The minimum Gasteiger partial charge on any atom is -0.368 e. The molecule has 1 atom stereocenters. The van der Waals surface area contributed by atoms with Gasteiger partial charge in [0, 0.05) is 24.7 Å². The van der Waals surface area contributed by atoms with Crippen molar-refractivity contribution in [1.29, 1.82) is 0 Å². The van der Waals surface area contributed by atoms with E-state index in [-0.39, 0.29) is 11.4 Å². The van der Waals surface area contributed by atoms with Gasteiger partial charge in [-0.15, -0.1) is 0 Å². The second-order valence-electron chi connectivity index (χ2n) is 6.46. The molecular weight excluding hydrogens is 268 g/mol. The summed E-state index contributed by atoms with van der Waals surface area (Å²) < 4.78 is 0. The molecule has 1 unspecified atom stereocenters. The van der Waals surface area contributed by atoms with Crippen LogP contribution in [0.25, 0.3) is 0 Å². The van der Waals surface area contributed by atoms with Crippen LogP contribution in [0.4, 0.5) is 11.5 Å². The van der Waals surface area contributed by atoms with E-state index >= 15 is 0 Å². The predicted octanol–water partition coefficient (Wildman–Crippen LogP) is 2.55. The maximum atomic E-state index is 10.7. The van der Waals surface area contributed by atoms with E-state index in [1.807, 2.05) is 0 Å². The topological polar surface area (TPSA) is 62.5 Å². The fraction of sp³-hybridized carbons (Fsp3) is 0.667. The molecule has 0 N–H and O–H groups in total. The van der Waals surface area contributed by atoms with Crippen LogP contribution in [-0.4, -0.2) is 47.5 Å². The molecule has 1 aromatic heterocycles. The Kier molecular flexibility index (Phi) is 4.46. The Morgan fingerprint density at radius 1 is 1.43 bits per heavy atom. The standard InChI is InChI=1S/C15H24N4O2/c1-15(2,17(3)4)12-6-5-9-18(11-12)13-7-8-14(16-10-13)19(20)21/h7-8,10,12H,5-6,9,11H2,1-4H3. The SMILES string of the molecule is CN(C)C(C)(C)C1CCCN(c2ccc([N+](=O)[O-])nc2)C1. The molecule has 0 aliphatic carbocycles. The highest BCUT2D eigenvalue weighted by atomic mass is 16.6. The number of nitro groups is 1. The third-order valence-corrected chi connectivity index (χ3v) is 4.86.